The van der Waals surface area contributed by atoms with E-state index in [0.717, 1.165) is 10.6 Å². The van der Waals surface area contributed by atoms with E-state index in [1.54, 1.807) is 6.26 Å². The van der Waals surface area contributed by atoms with E-state index >= 15 is 0 Å². The quantitative estimate of drug-likeness (QED) is 0.614. The lowest BCUT2D eigenvalue weighted by Crippen LogP contribution is -2.17. The van der Waals surface area contributed by atoms with Gasteiger partial charge in [-0.25, -0.2) is 0 Å². The Bertz CT molecular complexity index is 375. The van der Waals surface area contributed by atoms with Crippen LogP contribution in [-0.2, 0) is 0 Å². The second kappa shape index (κ2) is 3.96. The van der Waals surface area contributed by atoms with Gasteiger partial charge >= 0.3 is 0 Å². The summed E-state index contributed by atoms with van der Waals surface area (Å²) in [5.74, 6) is 0. The SMILES string of the molecule is C/C=c1\occ\c1=C\C=C(C)C. The molecule has 1 heterocycles. The van der Waals surface area contributed by atoms with Crippen LogP contribution in [-0.4, -0.2) is 0 Å². The molecule has 1 aromatic heterocycles. The molecule has 1 heteroatoms. The lowest BCUT2D eigenvalue weighted by Gasteiger charge is -1.80. The van der Waals surface area contributed by atoms with Gasteiger partial charge in [-0.15, -0.1) is 0 Å². The van der Waals surface area contributed by atoms with Crippen molar-refractivity contribution in [3.05, 3.63) is 34.6 Å². The molecular weight excluding hydrogens is 148 g/mol. The van der Waals surface area contributed by atoms with E-state index in [-0.39, 0.29) is 0 Å². The van der Waals surface area contributed by atoms with Gasteiger partial charge in [-0.2, -0.15) is 0 Å². The Balaban J connectivity index is 3.20. The van der Waals surface area contributed by atoms with Crippen molar-refractivity contribution < 1.29 is 4.42 Å². The largest absolute Gasteiger partial charge is 0.465 e. The molecule has 0 aliphatic carbocycles. The van der Waals surface area contributed by atoms with E-state index in [4.69, 9.17) is 4.42 Å². The minimum atomic E-state index is 0.938. The minimum Gasteiger partial charge on any atom is -0.465 e. The van der Waals surface area contributed by atoms with Gasteiger partial charge in [-0.3, -0.25) is 0 Å². The van der Waals surface area contributed by atoms with E-state index in [1.807, 2.05) is 19.1 Å². The van der Waals surface area contributed by atoms with Crippen molar-refractivity contribution >= 4 is 12.2 Å². The van der Waals surface area contributed by atoms with Gasteiger partial charge in [0.2, 0.25) is 0 Å². The average molecular weight is 162 g/mol. The maximum Gasteiger partial charge on any atom is 0.129 e. The van der Waals surface area contributed by atoms with Crippen LogP contribution >= 0.6 is 0 Å². The fourth-order valence-electron chi connectivity index (χ4n) is 0.960. The molecule has 1 rings (SSSR count). The molecule has 0 unspecified atom stereocenters. The first-order valence-electron chi connectivity index (χ1n) is 4.09. The molecule has 0 aliphatic rings. The summed E-state index contributed by atoms with van der Waals surface area (Å²) in [4.78, 5) is 0. The Morgan fingerprint density at radius 2 is 2.17 bits per heavy atom. The number of hydrogen-bond acceptors (Lipinski definition) is 1. The second-order valence-electron chi connectivity index (χ2n) is 2.94. The van der Waals surface area contributed by atoms with Gasteiger partial charge in [0.1, 0.15) is 5.42 Å². The zero-order valence-electron chi connectivity index (χ0n) is 7.79. The minimum absolute atomic E-state index is 0.938. The van der Waals surface area contributed by atoms with Gasteiger partial charge in [-0.05, 0) is 32.9 Å². The predicted octanol–water partition coefficient (Wildman–Crippen LogP) is 1.83. The Morgan fingerprint density at radius 3 is 2.75 bits per heavy atom. The highest BCUT2D eigenvalue weighted by atomic mass is 16.3. The van der Waals surface area contributed by atoms with Crippen LogP contribution < -0.4 is 10.6 Å². The van der Waals surface area contributed by atoms with Crippen LogP contribution in [0.4, 0.5) is 0 Å². The van der Waals surface area contributed by atoms with Crippen molar-refractivity contribution in [1.29, 1.82) is 0 Å². The Hall–Kier alpha value is -1.24. The first-order chi connectivity index (χ1) is 5.74. The highest BCUT2D eigenvalue weighted by Gasteiger charge is 1.83. The van der Waals surface area contributed by atoms with Crippen LogP contribution in [0.2, 0.25) is 0 Å². The van der Waals surface area contributed by atoms with E-state index in [1.165, 1.54) is 5.57 Å². The molecule has 1 nitrogen and oxygen atoms in total. The molecule has 0 fully saturated rings. The normalized spacial score (nSPS) is 13.6. The monoisotopic (exact) mass is 162 g/mol. The first kappa shape index (κ1) is 8.85. The van der Waals surface area contributed by atoms with E-state index < -0.39 is 0 Å². The van der Waals surface area contributed by atoms with Gasteiger partial charge in [0, 0.05) is 5.22 Å². The van der Waals surface area contributed by atoms with E-state index in [2.05, 4.69) is 26.0 Å². The molecule has 0 amide bonds. The van der Waals surface area contributed by atoms with Crippen LogP contribution in [0.25, 0.3) is 12.2 Å². The molecule has 0 saturated heterocycles. The molecule has 12 heavy (non-hydrogen) atoms. The lowest BCUT2D eigenvalue weighted by molar-refractivity contribution is 0.530. The molecule has 0 aliphatic heterocycles. The summed E-state index contributed by atoms with van der Waals surface area (Å²) in [7, 11) is 0. The van der Waals surface area contributed by atoms with Crippen LogP contribution in [0.3, 0.4) is 0 Å². The summed E-state index contributed by atoms with van der Waals surface area (Å²) < 4.78 is 5.23. The van der Waals surface area contributed by atoms with Crippen molar-refractivity contribution in [3.8, 4) is 0 Å². The molecule has 0 radical (unpaired) electrons. The zero-order chi connectivity index (χ0) is 8.97. The van der Waals surface area contributed by atoms with E-state index in [0.29, 0.717) is 0 Å². The van der Waals surface area contributed by atoms with E-state index in [9.17, 15) is 0 Å². The van der Waals surface area contributed by atoms with Crippen molar-refractivity contribution in [3.63, 3.8) is 0 Å². The van der Waals surface area contributed by atoms with Crippen LogP contribution in [0.5, 0.6) is 0 Å². The number of allylic oxidation sites excluding steroid dienone is 2. The Labute approximate surface area is 72.7 Å². The third-order valence-electron chi connectivity index (χ3n) is 1.59. The van der Waals surface area contributed by atoms with Crippen molar-refractivity contribution in [2.45, 2.75) is 20.8 Å². The van der Waals surface area contributed by atoms with Gasteiger partial charge in [0.25, 0.3) is 0 Å². The fourth-order valence-corrected chi connectivity index (χ4v) is 0.960. The fraction of sp³-hybridized carbons (Fsp3) is 0.273. The maximum atomic E-state index is 5.23. The summed E-state index contributed by atoms with van der Waals surface area (Å²) in [6, 6.07) is 1.97. The third kappa shape index (κ3) is 2.12. The Kier molecular flexibility index (Phi) is 2.92. The first-order valence-corrected chi connectivity index (χ1v) is 4.09. The summed E-state index contributed by atoms with van der Waals surface area (Å²) in [5.41, 5.74) is 2.23. The van der Waals surface area contributed by atoms with Gasteiger partial charge < -0.3 is 4.42 Å². The summed E-state index contributed by atoms with van der Waals surface area (Å²) >= 11 is 0. The topological polar surface area (TPSA) is 13.1 Å². The number of hydrogen-bond donors (Lipinski definition) is 0. The maximum absolute atomic E-state index is 5.23. The molecule has 0 atom stereocenters. The smallest absolute Gasteiger partial charge is 0.129 e. The second-order valence-corrected chi connectivity index (χ2v) is 2.94. The number of rotatable bonds is 1. The molecule has 1 aromatic rings. The summed E-state index contributed by atoms with van der Waals surface area (Å²) in [6.45, 7) is 6.12. The molecular formula is C11H14O. The molecule has 0 bridgehead atoms. The number of furan rings is 1. The average Bonchev–Trinajstić information content (AvgIpc) is 2.47. The Morgan fingerprint density at radius 1 is 1.42 bits per heavy atom. The third-order valence-corrected chi connectivity index (χ3v) is 1.59. The highest BCUT2D eigenvalue weighted by Crippen LogP contribution is 1.87. The van der Waals surface area contributed by atoms with Crippen molar-refractivity contribution in [1.82, 2.24) is 0 Å². The zero-order valence-corrected chi connectivity index (χ0v) is 7.79. The highest BCUT2D eigenvalue weighted by molar-refractivity contribution is 5.38. The van der Waals surface area contributed by atoms with Crippen LogP contribution in [0.15, 0.2) is 28.4 Å². The van der Waals surface area contributed by atoms with Gasteiger partial charge in [0.15, 0.2) is 0 Å². The molecule has 64 valence electrons. The summed E-state index contributed by atoms with van der Waals surface area (Å²) in [6.07, 6.45) is 7.82. The van der Waals surface area contributed by atoms with Gasteiger partial charge in [0.05, 0.1) is 6.26 Å². The van der Waals surface area contributed by atoms with Crippen LogP contribution in [0.1, 0.15) is 20.8 Å². The molecule has 0 N–H and O–H groups in total. The van der Waals surface area contributed by atoms with Crippen LogP contribution in [0, 0.1) is 0 Å². The standard InChI is InChI=1S/C11H14O/c1-4-11-10(7-8-12-11)6-5-9(2)3/h4-8H,1-3H3/b10-6-,11-4-. The van der Waals surface area contributed by atoms with Gasteiger partial charge in [-0.1, -0.05) is 17.7 Å². The van der Waals surface area contributed by atoms with Crippen molar-refractivity contribution in [2.24, 2.45) is 0 Å². The predicted molar refractivity (Wildman–Crippen MR) is 52.0 cm³/mol. The van der Waals surface area contributed by atoms with Crippen molar-refractivity contribution in [2.75, 3.05) is 0 Å². The molecule has 0 aromatic carbocycles. The summed E-state index contributed by atoms with van der Waals surface area (Å²) in [5, 5.41) is 1.14. The molecule has 0 spiro atoms. The lowest BCUT2D eigenvalue weighted by atomic mass is 10.3. The molecule has 0 saturated carbocycles.